The monoisotopic (exact) mass is 258 g/mol. The van der Waals surface area contributed by atoms with Crippen LogP contribution in [0.25, 0.3) is 0 Å². The molecule has 1 unspecified atom stereocenters. The number of nitrogens with zero attached hydrogens (tertiary/aromatic N) is 1. The van der Waals surface area contributed by atoms with Gasteiger partial charge in [-0.15, -0.1) is 0 Å². The minimum atomic E-state index is 0.833. The Hall–Kier alpha value is -1.02. The zero-order chi connectivity index (χ0) is 13.1. The van der Waals surface area contributed by atoms with Crippen LogP contribution in [0.5, 0.6) is 0 Å². The van der Waals surface area contributed by atoms with Crippen LogP contribution in [0.1, 0.15) is 37.3 Å². The van der Waals surface area contributed by atoms with Crippen molar-refractivity contribution in [2.24, 2.45) is 5.92 Å². The van der Waals surface area contributed by atoms with Crippen LogP contribution < -0.4 is 10.2 Å². The molecule has 1 aromatic rings. The first-order chi connectivity index (χ1) is 9.36. The summed E-state index contributed by atoms with van der Waals surface area (Å²) in [5, 5.41) is 3.56. The van der Waals surface area contributed by atoms with Gasteiger partial charge in [0.15, 0.2) is 0 Å². The summed E-state index contributed by atoms with van der Waals surface area (Å²) in [6.45, 7) is 7.05. The maximum atomic E-state index is 3.56. The van der Waals surface area contributed by atoms with E-state index >= 15 is 0 Å². The number of aryl methyl sites for hydroxylation is 2. The smallest absolute Gasteiger partial charge is 0.0369 e. The highest BCUT2D eigenvalue weighted by Gasteiger charge is 2.23. The molecule has 2 aliphatic rings. The van der Waals surface area contributed by atoms with Gasteiger partial charge in [-0.05, 0) is 74.4 Å². The zero-order valence-electron chi connectivity index (χ0n) is 12.1. The van der Waals surface area contributed by atoms with Crippen molar-refractivity contribution in [3.05, 3.63) is 29.3 Å². The van der Waals surface area contributed by atoms with Gasteiger partial charge < -0.3 is 10.2 Å². The van der Waals surface area contributed by atoms with Gasteiger partial charge in [-0.2, -0.15) is 0 Å². The third-order valence-electron chi connectivity index (χ3n) is 4.59. The highest BCUT2D eigenvalue weighted by Crippen LogP contribution is 2.29. The number of benzene rings is 1. The lowest BCUT2D eigenvalue weighted by Gasteiger charge is -2.20. The third kappa shape index (κ3) is 2.94. The van der Waals surface area contributed by atoms with Gasteiger partial charge in [0, 0.05) is 18.8 Å². The van der Waals surface area contributed by atoms with Gasteiger partial charge >= 0.3 is 0 Å². The van der Waals surface area contributed by atoms with Crippen LogP contribution in [-0.4, -0.2) is 26.2 Å². The maximum absolute atomic E-state index is 3.56. The zero-order valence-corrected chi connectivity index (χ0v) is 12.1. The lowest BCUT2D eigenvalue weighted by Crippen LogP contribution is -2.26. The first kappa shape index (κ1) is 13.0. The topological polar surface area (TPSA) is 15.3 Å². The molecule has 2 nitrogen and oxygen atoms in total. The Morgan fingerprint density at radius 3 is 3.05 bits per heavy atom. The molecule has 1 aromatic carbocycles. The molecule has 0 amide bonds. The minimum Gasteiger partial charge on any atom is -0.371 e. The molecule has 0 aromatic heterocycles. The average molecular weight is 258 g/mol. The average Bonchev–Trinajstić information content (AvgIpc) is 3.06. The van der Waals surface area contributed by atoms with Gasteiger partial charge in [-0.25, -0.2) is 0 Å². The predicted octanol–water partition coefficient (Wildman–Crippen LogP) is 3.00. The lowest BCUT2D eigenvalue weighted by atomic mass is 10.1. The summed E-state index contributed by atoms with van der Waals surface area (Å²) in [7, 11) is 0. The van der Waals surface area contributed by atoms with Gasteiger partial charge in [-0.1, -0.05) is 13.0 Å². The number of rotatable bonds is 5. The molecule has 1 aliphatic carbocycles. The van der Waals surface area contributed by atoms with E-state index in [1.807, 2.05) is 0 Å². The quantitative estimate of drug-likeness (QED) is 0.817. The van der Waals surface area contributed by atoms with Crippen molar-refractivity contribution in [2.45, 2.75) is 39.0 Å². The molecule has 1 saturated heterocycles. The Bertz CT molecular complexity index is 427. The minimum absolute atomic E-state index is 0.833. The standard InChI is InChI=1S/C17H26N2/c1-2-9-18-12-14-8-10-19(13-14)17-7-6-15-4-3-5-16(15)11-17/h6-7,11,14,18H,2-5,8-10,12-13H2,1H3. The molecule has 1 N–H and O–H groups in total. The molecule has 1 fully saturated rings. The molecule has 0 radical (unpaired) electrons. The van der Waals surface area contributed by atoms with E-state index in [0.717, 1.165) is 12.5 Å². The van der Waals surface area contributed by atoms with Gasteiger partial charge in [0.1, 0.15) is 0 Å². The number of hydrogen-bond donors (Lipinski definition) is 1. The van der Waals surface area contributed by atoms with E-state index in [4.69, 9.17) is 0 Å². The van der Waals surface area contributed by atoms with Crippen molar-refractivity contribution in [2.75, 3.05) is 31.1 Å². The van der Waals surface area contributed by atoms with Crippen LogP contribution in [0.3, 0.4) is 0 Å². The van der Waals surface area contributed by atoms with Gasteiger partial charge in [0.25, 0.3) is 0 Å². The second kappa shape index (κ2) is 5.96. The van der Waals surface area contributed by atoms with E-state index in [-0.39, 0.29) is 0 Å². The second-order valence-electron chi connectivity index (χ2n) is 6.11. The second-order valence-corrected chi connectivity index (χ2v) is 6.11. The van der Waals surface area contributed by atoms with Gasteiger partial charge in [0.05, 0.1) is 0 Å². The fraction of sp³-hybridized carbons (Fsp3) is 0.647. The van der Waals surface area contributed by atoms with Crippen LogP contribution in [0.4, 0.5) is 5.69 Å². The summed E-state index contributed by atoms with van der Waals surface area (Å²) < 4.78 is 0. The fourth-order valence-electron chi connectivity index (χ4n) is 3.47. The van der Waals surface area contributed by atoms with E-state index in [1.165, 1.54) is 57.4 Å². The maximum Gasteiger partial charge on any atom is 0.0369 e. The predicted molar refractivity (Wildman–Crippen MR) is 81.9 cm³/mol. The van der Waals surface area contributed by atoms with E-state index in [0.29, 0.717) is 0 Å². The van der Waals surface area contributed by atoms with Crippen LogP contribution in [0, 0.1) is 5.92 Å². The van der Waals surface area contributed by atoms with E-state index in [9.17, 15) is 0 Å². The lowest BCUT2D eigenvalue weighted by molar-refractivity contribution is 0.516. The Labute approximate surface area is 117 Å². The first-order valence-electron chi connectivity index (χ1n) is 7.94. The third-order valence-corrected chi connectivity index (χ3v) is 4.59. The van der Waals surface area contributed by atoms with E-state index in [1.54, 1.807) is 11.1 Å². The molecule has 104 valence electrons. The molecule has 19 heavy (non-hydrogen) atoms. The molecule has 0 saturated carbocycles. The summed E-state index contributed by atoms with van der Waals surface area (Å²) >= 11 is 0. The molecule has 1 aliphatic heterocycles. The largest absolute Gasteiger partial charge is 0.371 e. The van der Waals surface area contributed by atoms with E-state index < -0.39 is 0 Å². The number of hydrogen-bond acceptors (Lipinski definition) is 2. The summed E-state index contributed by atoms with van der Waals surface area (Å²) in [5.41, 5.74) is 4.65. The summed E-state index contributed by atoms with van der Waals surface area (Å²) in [6, 6.07) is 7.15. The van der Waals surface area contributed by atoms with Crippen molar-refractivity contribution < 1.29 is 0 Å². The van der Waals surface area contributed by atoms with Gasteiger partial charge in [-0.3, -0.25) is 0 Å². The molecular weight excluding hydrogens is 232 g/mol. The molecule has 0 spiro atoms. The Morgan fingerprint density at radius 1 is 1.26 bits per heavy atom. The summed E-state index contributed by atoms with van der Waals surface area (Å²) in [5.74, 6) is 0.833. The fourth-order valence-corrected chi connectivity index (χ4v) is 3.47. The summed E-state index contributed by atoms with van der Waals surface area (Å²) in [6.07, 6.45) is 6.51. The van der Waals surface area contributed by atoms with Crippen LogP contribution in [-0.2, 0) is 12.8 Å². The molecule has 3 rings (SSSR count). The number of nitrogens with one attached hydrogen (secondary N) is 1. The van der Waals surface area contributed by atoms with Crippen molar-refractivity contribution >= 4 is 5.69 Å². The molecular formula is C17H26N2. The molecule has 1 heterocycles. The Morgan fingerprint density at radius 2 is 2.16 bits per heavy atom. The van der Waals surface area contributed by atoms with Crippen LogP contribution in [0.15, 0.2) is 18.2 Å². The van der Waals surface area contributed by atoms with E-state index in [2.05, 4.69) is 35.3 Å². The van der Waals surface area contributed by atoms with Crippen molar-refractivity contribution in [3.63, 3.8) is 0 Å². The highest BCUT2D eigenvalue weighted by molar-refractivity contribution is 5.53. The highest BCUT2D eigenvalue weighted by atomic mass is 15.2. The Kier molecular flexibility index (Phi) is 4.07. The van der Waals surface area contributed by atoms with Gasteiger partial charge in [0.2, 0.25) is 0 Å². The van der Waals surface area contributed by atoms with Crippen molar-refractivity contribution in [1.29, 1.82) is 0 Å². The Balaban J connectivity index is 1.58. The molecule has 2 heteroatoms. The number of anilines is 1. The van der Waals surface area contributed by atoms with Crippen LogP contribution >= 0.6 is 0 Å². The van der Waals surface area contributed by atoms with Crippen molar-refractivity contribution in [1.82, 2.24) is 5.32 Å². The van der Waals surface area contributed by atoms with Crippen LogP contribution in [0.2, 0.25) is 0 Å². The molecule has 1 atom stereocenters. The van der Waals surface area contributed by atoms with Crippen molar-refractivity contribution in [3.8, 4) is 0 Å². The molecule has 0 bridgehead atoms. The number of fused-ring (bicyclic) bond motifs is 1. The normalized spacial score (nSPS) is 21.9. The SMILES string of the molecule is CCCNCC1CCN(c2ccc3c(c2)CCC3)C1. The first-order valence-corrected chi connectivity index (χ1v) is 7.94. The summed E-state index contributed by atoms with van der Waals surface area (Å²) in [4.78, 5) is 2.58.